The number of phosphoric acid groups is 3. The lowest BCUT2D eigenvalue weighted by Gasteiger charge is -2.23. The molecular formula is C10H14FN6O12P3. The Balaban J connectivity index is 1.50. The molecule has 18 nitrogen and oxygen atoms in total. The Bertz CT molecular complexity index is 1240. The van der Waals surface area contributed by atoms with Gasteiger partial charge in [-0.3, -0.25) is 9.09 Å². The van der Waals surface area contributed by atoms with E-state index in [-0.39, 0.29) is 22.9 Å². The van der Waals surface area contributed by atoms with Gasteiger partial charge in [-0.15, -0.1) is 0 Å². The highest BCUT2D eigenvalue weighted by Crippen LogP contribution is 2.69. The smallest absolute Gasteiger partial charge is 0.382 e. The summed E-state index contributed by atoms with van der Waals surface area (Å²) in [7, 11) is -17.0. The minimum atomic E-state index is -5.79. The molecule has 2 fully saturated rings. The monoisotopic (exact) mass is 522 g/mol. The van der Waals surface area contributed by atoms with Crippen LogP contribution in [0, 0.1) is 0 Å². The maximum absolute atomic E-state index is 15.0. The van der Waals surface area contributed by atoms with E-state index in [0.717, 1.165) is 10.9 Å². The lowest BCUT2D eigenvalue weighted by molar-refractivity contribution is -0.0597. The molecule has 178 valence electrons. The van der Waals surface area contributed by atoms with Gasteiger partial charge in [-0.1, -0.05) is 0 Å². The number of phosphoric ester groups is 1. The SMILES string of the molecule is Nc1nc(N)c2ncn([C@@H]3O[C@@H]4C(OP(=O)(O)OP(=O)(O)OP(=O)(O)O)[C@]4(O)[C@@H]3F)c2n1. The summed E-state index contributed by atoms with van der Waals surface area (Å²) in [5.74, 6) is -0.353. The molecule has 3 unspecified atom stereocenters. The van der Waals surface area contributed by atoms with Gasteiger partial charge >= 0.3 is 23.5 Å². The lowest BCUT2D eigenvalue weighted by atomic mass is 10.2. The first kappa shape index (κ1) is 23.6. The van der Waals surface area contributed by atoms with Crippen LogP contribution in [0.4, 0.5) is 16.2 Å². The molecule has 1 aliphatic carbocycles. The molecule has 0 spiro atoms. The number of anilines is 2. The van der Waals surface area contributed by atoms with Gasteiger partial charge < -0.3 is 40.9 Å². The minimum Gasteiger partial charge on any atom is -0.382 e. The third-order valence-electron chi connectivity index (χ3n) is 4.46. The molecule has 2 aliphatic rings. The molecule has 2 aromatic rings. The van der Waals surface area contributed by atoms with Gasteiger partial charge in [0.15, 0.2) is 29.5 Å². The van der Waals surface area contributed by atoms with Crippen LogP contribution in [0.1, 0.15) is 6.23 Å². The number of nitrogen functional groups attached to an aromatic ring is 2. The van der Waals surface area contributed by atoms with E-state index in [1.54, 1.807) is 0 Å². The van der Waals surface area contributed by atoms with Gasteiger partial charge in [-0.05, 0) is 0 Å². The number of hydrogen-bond donors (Lipinski definition) is 7. The number of ether oxygens (including phenoxy) is 1. The van der Waals surface area contributed by atoms with Crippen LogP contribution in [0.5, 0.6) is 0 Å². The standard InChI is InChI=1S/C10H14FN6O12P3/c11-3-8(17-1-14-2-6(12)15-9(13)16-7(2)17)26-4-5(10(3,4)18)27-31(22,23)29-32(24,25)28-30(19,20)21/h1,3-5,8,18H,(H,22,23)(H,24,25)(H2,19,20,21)(H4,12,13,15,16)/t3-,4-,5?,8-,10+/m1/s1. The first-order valence-corrected chi connectivity index (χ1v) is 12.7. The van der Waals surface area contributed by atoms with Crippen LogP contribution in [0.3, 0.4) is 0 Å². The molecule has 7 atom stereocenters. The molecule has 0 radical (unpaired) electrons. The van der Waals surface area contributed by atoms with Gasteiger partial charge in [0.05, 0.1) is 6.33 Å². The molecule has 22 heteroatoms. The number of hydrogen-bond acceptors (Lipinski definition) is 13. The van der Waals surface area contributed by atoms with Crippen molar-refractivity contribution in [2.45, 2.75) is 30.2 Å². The number of alkyl halides is 1. The van der Waals surface area contributed by atoms with Crippen molar-refractivity contribution in [2.75, 3.05) is 11.5 Å². The molecular weight excluding hydrogens is 508 g/mol. The number of aliphatic hydroxyl groups is 1. The number of nitrogens with zero attached hydrogens (tertiary/aromatic N) is 4. The van der Waals surface area contributed by atoms with Gasteiger partial charge in [-0.2, -0.15) is 18.6 Å². The largest absolute Gasteiger partial charge is 0.490 e. The predicted molar refractivity (Wildman–Crippen MR) is 96.6 cm³/mol. The summed E-state index contributed by atoms with van der Waals surface area (Å²) in [6.45, 7) is 0. The molecule has 2 aromatic heterocycles. The van der Waals surface area contributed by atoms with E-state index < -0.39 is 53.7 Å². The van der Waals surface area contributed by atoms with Crippen LogP contribution in [-0.4, -0.2) is 68.2 Å². The van der Waals surface area contributed by atoms with E-state index >= 15 is 4.39 Å². The highest BCUT2D eigenvalue weighted by atomic mass is 31.3. The zero-order valence-electron chi connectivity index (χ0n) is 15.1. The molecule has 3 heterocycles. The Labute approximate surface area is 175 Å². The molecule has 0 aromatic carbocycles. The summed E-state index contributed by atoms with van der Waals surface area (Å²) >= 11 is 0. The molecule has 1 saturated heterocycles. The fraction of sp³-hybridized carbons (Fsp3) is 0.500. The molecule has 0 bridgehead atoms. The van der Waals surface area contributed by atoms with Gasteiger partial charge in [0.2, 0.25) is 5.95 Å². The van der Waals surface area contributed by atoms with Crippen molar-refractivity contribution in [1.82, 2.24) is 19.5 Å². The van der Waals surface area contributed by atoms with Crippen molar-refractivity contribution in [1.29, 1.82) is 0 Å². The zero-order valence-corrected chi connectivity index (χ0v) is 17.8. The molecule has 1 saturated carbocycles. The Morgan fingerprint density at radius 1 is 1.12 bits per heavy atom. The molecule has 9 N–H and O–H groups in total. The first-order valence-electron chi connectivity index (χ1n) is 8.14. The Morgan fingerprint density at radius 3 is 2.34 bits per heavy atom. The van der Waals surface area contributed by atoms with Gasteiger partial charge in [-0.25, -0.2) is 23.1 Å². The van der Waals surface area contributed by atoms with E-state index in [1.165, 1.54) is 0 Å². The molecule has 32 heavy (non-hydrogen) atoms. The van der Waals surface area contributed by atoms with E-state index in [0.29, 0.717) is 0 Å². The maximum atomic E-state index is 15.0. The molecule has 1 aliphatic heterocycles. The summed E-state index contributed by atoms with van der Waals surface area (Å²) in [4.78, 5) is 47.2. The Hall–Kier alpha value is -1.59. The van der Waals surface area contributed by atoms with Gasteiger partial charge in [0, 0.05) is 0 Å². The van der Waals surface area contributed by atoms with Crippen molar-refractivity contribution in [3.63, 3.8) is 0 Å². The second kappa shape index (κ2) is 7.20. The van der Waals surface area contributed by atoms with Crippen LogP contribution >= 0.6 is 23.5 Å². The van der Waals surface area contributed by atoms with Crippen molar-refractivity contribution < 1.29 is 60.6 Å². The second-order valence-electron chi connectivity index (χ2n) is 6.64. The number of rotatable bonds is 7. The molecule has 4 rings (SSSR count). The zero-order chi connectivity index (χ0) is 23.9. The molecule has 0 amide bonds. The van der Waals surface area contributed by atoms with Gasteiger partial charge in [0.25, 0.3) is 0 Å². The quantitative estimate of drug-likeness (QED) is 0.208. The van der Waals surface area contributed by atoms with Crippen molar-refractivity contribution >= 4 is 46.4 Å². The fourth-order valence-corrected chi connectivity index (χ4v) is 6.43. The summed E-state index contributed by atoms with van der Waals surface area (Å²) in [5.41, 5.74) is 8.69. The van der Waals surface area contributed by atoms with Gasteiger partial charge in [0.1, 0.15) is 17.7 Å². The van der Waals surface area contributed by atoms with Crippen LogP contribution < -0.4 is 11.5 Å². The van der Waals surface area contributed by atoms with Crippen LogP contribution in [-0.2, 0) is 31.6 Å². The number of halogens is 1. The predicted octanol–water partition coefficient (Wildman–Crippen LogP) is -1.32. The highest BCUT2D eigenvalue weighted by Gasteiger charge is 2.80. The Morgan fingerprint density at radius 2 is 1.78 bits per heavy atom. The topological polar surface area (TPSA) is 285 Å². The number of fused-ring (bicyclic) bond motifs is 2. The van der Waals surface area contributed by atoms with Crippen LogP contribution in [0.25, 0.3) is 11.2 Å². The summed E-state index contributed by atoms with van der Waals surface area (Å²) < 4.78 is 66.8. The Kier molecular flexibility index (Phi) is 5.30. The van der Waals surface area contributed by atoms with Crippen molar-refractivity contribution in [2.24, 2.45) is 0 Å². The van der Waals surface area contributed by atoms with E-state index in [2.05, 4.69) is 28.1 Å². The number of nitrogens with two attached hydrogens (primary N) is 2. The normalized spacial score (nSPS) is 33.6. The van der Waals surface area contributed by atoms with E-state index in [9.17, 15) is 23.7 Å². The number of imidazole rings is 1. The minimum absolute atomic E-state index is 0.0306. The van der Waals surface area contributed by atoms with E-state index in [1.807, 2.05) is 0 Å². The average Bonchev–Trinajstić information content (AvgIpc) is 2.88. The van der Waals surface area contributed by atoms with Crippen molar-refractivity contribution in [3.05, 3.63) is 6.33 Å². The third kappa shape index (κ3) is 4.07. The van der Waals surface area contributed by atoms with E-state index in [4.69, 9.17) is 30.9 Å². The summed E-state index contributed by atoms with van der Waals surface area (Å²) in [6.07, 6.45) is -6.19. The summed E-state index contributed by atoms with van der Waals surface area (Å²) in [5, 5.41) is 10.5. The average molecular weight is 522 g/mol. The van der Waals surface area contributed by atoms with Crippen molar-refractivity contribution in [3.8, 4) is 0 Å². The summed E-state index contributed by atoms with van der Waals surface area (Å²) in [6, 6.07) is 0. The lowest BCUT2D eigenvalue weighted by Crippen LogP contribution is -2.34. The maximum Gasteiger partial charge on any atom is 0.490 e. The number of aromatic nitrogens is 4. The first-order chi connectivity index (χ1) is 14.5. The third-order valence-corrected chi connectivity index (χ3v) is 8.28. The highest BCUT2D eigenvalue weighted by molar-refractivity contribution is 7.66. The van der Waals surface area contributed by atoms with Crippen LogP contribution in [0.2, 0.25) is 0 Å². The van der Waals surface area contributed by atoms with Crippen LogP contribution in [0.15, 0.2) is 6.33 Å². The second-order valence-corrected chi connectivity index (χ2v) is 11.0. The fourth-order valence-electron chi connectivity index (χ4n) is 3.20.